The number of ether oxygens (including phenoxy) is 3. The van der Waals surface area contributed by atoms with Gasteiger partial charge in [0.15, 0.2) is 11.5 Å². The maximum atomic E-state index is 12.0. The Morgan fingerprint density at radius 1 is 1.04 bits per heavy atom. The van der Waals surface area contributed by atoms with E-state index in [0.717, 1.165) is 16.7 Å². The minimum absolute atomic E-state index is 0.169. The first kappa shape index (κ1) is 18.4. The van der Waals surface area contributed by atoms with Gasteiger partial charge < -0.3 is 19.5 Å². The summed E-state index contributed by atoms with van der Waals surface area (Å²) in [4.78, 5) is 12.0. The summed E-state index contributed by atoms with van der Waals surface area (Å²) in [6.45, 7) is 2.51. The summed E-state index contributed by atoms with van der Waals surface area (Å²) in [7, 11) is 4.66. The van der Waals surface area contributed by atoms with Crippen LogP contribution in [0.3, 0.4) is 0 Å². The Labute approximate surface area is 148 Å². The van der Waals surface area contributed by atoms with Crippen molar-refractivity contribution < 1.29 is 19.0 Å². The van der Waals surface area contributed by atoms with E-state index in [1.807, 2.05) is 31.2 Å². The van der Waals surface area contributed by atoms with Gasteiger partial charge in [-0.05, 0) is 41.8 Å². The standard InChI is InChI=1S/C20H23NO4/c1-14-7-5-6-8-16(14)13-21-19(22)10-9-15-11-17(23-2)20(25-4)18(12-15)24-3/h5-12H,13H2,1-4H3,(H,21,22)/b10-9+. The molecule has 0 unspecified atom stereocenters. The first-order valence-corrected chi connectivity index (χ1v) is 7.89. The highest BCUT2D eigenvalue weighted by Gasteiger charge is 2.12. The average Bonchev–Trinajstić information content (AvgIpc) is 2.64. The number of nitrogens with one attached hydrogen (secondary N) is 1. The van der Waals surface area contributed by atoms with E-state index in [2.05, 4.69) is 5.32 Å². The lowest BCUT2D eigenvalue weighted by atomic mass is 10.1. The molecule has 0 spiro atoms. The molecular formula is C20H23NO4. The van der Waals surface area contributed by atoms with Gasteiger partial charge in [-0.3, -0.25) is 4.79 Å². The van der Waals surface area contributed by atoms with Gasteiger partial charge in [0.2, 0.25) is 11.7 Å². The van der Waals surface area contributed by atoms with Crippen molar-refractivity contribution in [2.45, 2.75) is 13.5 Å². The van der Waals surface area contributed by atoms with E-state index >= 15 is 0 Å². The van der Waals surface area contributed by atoms with E-state index in [1.165, 1.54) is 6.08 Å². The summed E-state index contributed by atoms with van der Waals surface area (Å²) in [5, 5.41) is 2.88. The summed E-state index contributed by atoms with van der Waals surface area (Å²) in [5.41, 5.74) is 3.02. The first-order valence-electron chi connectivity index (χ1n) is 7.89. The number of aryl methyl sites for hydroxylation is 1. The average molecular weight is 341 g/mol. The molecule has 0 bridgehead atoms. The quantitative estimate of drug-likeness (QED) is 0.785. The normalized spacial score (nSPS) is 10.6. The zero-order valence-electron chi connectivity index (χ0n) is 15.0. The third kappa shape index (κ3) is 4.76. The highest BCUT2D eigenvalue weighted by Crippen LogP contribution is 2.38. The van der Waals surface area contributed by atoms with Crippen LogP contribution in [0.2, 0.25) is 0 Å². The molecule has 0 fully saturated rings. The lowest BCUT2D eigenvalue weighted by Gasteiger charge is -2.12. The summed E-state index contributed by atoms with van der Waals surface area (Å²) in [6, 6.07) is 11.5. The molecule has 1 N–H and O–H groups in total. The van der Waals surface area contributed by atoms with Crippen LogP contribution in [0.25, 0.3) is 6.08 Å². The number of amides is 1. The van der Waals surface area contributed by atoms with E-state index in [4.69, 9.17) is 14.2 Å². The highest BCUT2D eigenvalue weighted by atomic mass is 16.5. The molecular weight excluding hydrogens is 318 g/mol. The summed E-state index contributed by atoms with van der Waals surface area (Å²) >= 11 is 0. The van der Waals surface area contributed by atoms with Crippen LogP contribution in [-0.4, -0.2) is 27.2 Å². The van der Waals surface area contributed by atoms with E-state index in [9.17, 15) is 4.79 Å². The topological polar surface area (TPSA) is 56.8 Å². The Hall–Kier alpha value is -2.95. The van der Waals surface area contributed by atoms with Gasteiger partial charge in [0.05, 0.1) is 21.3 Å². The SMILES string of the molecule is COc1cc(/C=C/C(=O)NCc2ccccc2C)cc(OC)c1OC. The summed E-state index contributed by atoms with van der Waals surface area (Å²) < 4.78 is 15.9. The molecule has 0 aliphatic heterocycles. The Morgan fingerprint density at radius 2 is 1.68 bits per heavy atom. The van der Waals surface area contributed by atoms with Crippen molar-refractivity contribution in [3.05, 3.63) is 59.2 Å². The summed E-state index contributed by atoms with van der Waals surface area (Å²) in [5.74, 6) is 1.44. The van der Waals surface area contributed by atoms with Crippen LogP contribution in [0.1, 0.15) is 16.7 Å². The van der Waals surface area contributed by atoms with Gasteiger partial charge in [0.25, 0.3) is 0 Å². The first-order chi connectivity index (χ1) is 12.1. The van der Waals surface area contributed by atoms with Crippen LogP contribution in [0, 0.1) is 6.92 Å². The minimum Gasteiger partial charge on any atom is -0.493 e. The van der Waals surface area contributed by atoms with E-state index in [1.54, 1.807) is 39.5 Å². The molecule has 2 aromatic carbocycles. The Morgan fingerprint density at radius 3 is 2.24 bits per heavy atom. The minimum atomic E-state index is -0.169. The number of benzene rings is 2. The maximum absolute atomic E-state index is 12.0. The number of hydrogen-bond acceptors (Lipinski definition) is 4. The van der Waals surface area contributed by atoms with Gasteiger partial charge >= 0.3 is 0 Å². The van der Waals surface area contributed by atoms with E-state index < -0.39 is 0 Å². The lowest BCUT2D eigenvalue weighted by Crippen LogP contribution is -2.20. The van der Waals surface area contributed by atoms with E-state index in [-0.39, 0.29) is 5.91 Å². The molecule has 0 aromatic heterocycles. The van der Waals surface area contributed by atoms with Gasteiger partial charge in [0.1, 0.15) is 0 Å². The van der Waals surface area contributed by atoms with Gasteiger partial charge in [-0.1, -0.05) is 24.3 Å². The van der Waals surface area contributed by atoms with Crippen LogP contribution in [0.15, 0.2) is 42.5 Å². The molecule has 5 nitrogen and oxygen atoms in total. The van der Waals surface area contributed by atoms with Crippen molar-refractivity contribution in [1.82, 2.24) is 5.32 Å². The van der Waals surface area contributed by atoms with Crippen LogP contribution < -0.4 is 19.5 Å². The zero-order valence-corrected chi connectivity index (χ0v) is 15.0. The number of hydrogen-bond donors (Lipinski definition) is 1. The van der Waals surface area contributed by atoms with Gasteiger partial charge in [-0.2, -0.15) is 0 Å². The number of carbonyl (C=O) groups is 1. The zero-order chi connectivity index (χ0) is 18.2. The molecule has 0 saturated heterocycles. The van der Waals surface area contributed by atoms with Crippen LogP contribution in [0.4, 0.5) is 0 Å². The number of rotatable bonds is 7. The summed E-state index contributed by atoms with van der Waals surface area (Å²) in [6.07, 6.45) is 3.19. The smallest absolute Gasteiger partial charge is 0.244 e. The van der Waals surface area contributed by atoms with Crippen LogP contribution >= 0.6 is 0 Å². The highest BCUT2D eigenvalue weighted by molar-refractivity contribution is 5.91. The van der Waals surface area contributed by atoms with Crippen molar-refractivity contribution in [2.24, 2.45) is 0 Å². The fourth-order valence-corrected chi connectivity index (χ4v) is 2.42. The molecule has 0 saturated carbocycles. The second-order valence-corrected chi connectivity index (χ2v) is 5.44. The molecule has 132 valence electrons. The molecule has 0 atom stereocenters. The maximum Gasteiger partial charge on any atom is 0.244 e. The molecule has 2 aromatic rings. The Kier molecular flexibility index (Phi) is 6.46. The van der Waals surface area contributed by atoms with Gasteiger partial charge in [-0.15, -0.1) is 0 Å². The van der Waals surface area contributed by atoms with Crippen LogP contribution in [0.5, 0.6) is 17.2 Å². The molecule has 0 aliphatic rings. The second kappa shape index (κ2) is 8.78. The molecule has 0 heterocycles. The molecule has 25 heavy (non-hydrogen) atoms. The molecule has 0 aliphatic carbocycles. The lowest BCUT2D eigenvalue weighted by molar-refractivity contribution is -0.116. The molecule has 2 rings (SSSR count). The van der Waals surface area contributed by atoms with Crippen molar-refractivity contribution in [3.63, 3.8) is 0 Å². The third-order valence-corrected chi connectivity index (χ3v) is 3.83. The van der Waals surface area contributed by atoms with Crippen molar-refractivity contribution >= 4 is 12.0 Å². The molecule has 5 heteroatoms. The Bertz CT molecular complexity index is 743. The van der Waals surface area contributed by atoms with E-state index in [0.29, 0.717) is 23.8 Å². The van der Waals surface area contributed by atoms with Crippen molar-refractivity contribution in [2.75, 3.05) is 21.3 Å². The Balaban J connectivity index is 2.08. The van der Waals surface area contributed by atoms with Gasteiger partial charge in [-0.25, -0.2) is 0 Å². The predicted molar refractivity (Wildman–Crippen MR) is 98.2 cm³/mol. The van der Waals surface area contributed by atoms with Crippen molar-refractivity contribution in [3.8, 4) is 17.2 Å². The second-order valence-electron chi connectivity index (χ2n) is 5.44. The van der Waals surface area contributed by atoms with Crippen molar-refractivity contribution in [1.29, 1.82) is 0 Å². The largest absolute Gasteiger partial charge is 0.493 e. The third-order valence-electron chi connectivity index (χ3n) is 3.83. The fraction of sp³-hybridized carbons (Fsp3) is 0.250. The fourth-order valence-electron chi connectivity index (χ4n) is 2.42. The monoisotopic (exact) mass is 341 g/mol. The number of carbonyl (C=O) groups excluding carboxylic acids is 1. The van der Waals surface area contributed by atoms with Gasteiger partial charge in [0, 0.05) is 12.6 Å². The van der Waals surface area contributed by atoms with Crippen LogP contribution in [-0.2, 0) is 11.3 Å². The molecule has 0 radical (unpaired) electrons. The molecule has 1 amide bonds. The number of methoxy groups -OCH3 is 3. The predicted octanol–water partition coefficient (Wildman–Crippen LogP) is 3.35.